The fourth-order valence-corrected chi connectivity index (χ4v) is 4.57. The van der Waals surface area contributed by atoms with E-state index in [0.29, 0.717) is 30.8 Å². The number of ether oxygens (including phenoxy) is 2. The minimum absolute atomic E-state index is 0.141. The molecule has 6 nitrogen and oxygen atoms in total. The molecule has 164 valence electrons. The molecule has 0 spiro atoms. The molecular formula is C24H27NO5S. The van der Waals surface area contributed by atoms with Crippen molar-refractivity contribution in [1.82, 2.24) is 4.98 Å². The van der Waals surface area contributed by atoms with Crippen molar-refractivity contribution >= 4 is 17.3 Å². The normalized spacial score (nSPS) is 18.8. The van der Waals surface area contributed by atoms with Crippen molar-refractivity contribution in [3.63, 3.8) is 0 Å². The third-order valence-electron chi connectivity index (χ3n) is 5.68. The highest BCUT2D eigenvalue weighted by Gasteiger charge is 2.25. The van der Waals surface area contributed by atoms with Crippen LogP contribution in [0.25, 0.3) is 11.5 Å². The molecule has 2 heterocycles. The zero-order valence-corrected chi connectivity index (χ0v) is 18.6. The zero-order valence-electron chi connectivity index (χ0n) is 17.8. The van der Waals surface area contributed by atoms with Gasteiger partial charge in [-0.25, -0.2) is 9.78 Å². The van der Waals surface area contributed by atoms with Gasteiger partial charge in [0.05, 0.1) is 19.3 Å². The van der Waals surface area contributed by atoms with E-state index >= 15 is 0 Å². The minimum atomic E-state index is -0.942. The van der Waals surface area contributed by atoms with Gasteiger partial charge in [0, 0.05) is 5.56 Å². The lowest BCUT2D eigenvalue weighted by molar-refractivity contribution is -0.00599. The van der Waals surface area contributed by atoms with Gasteiger partial charge in [-0.3, -0.25) is 0 Å². The number of hydrogen-bond donors (Lipinski definition) is 1. The van der Waals surface area contributed by atoms with Gasteiger partial charge in [-0.15, -0.1) is 11.3 Å². The van der Waals surface area contributed by atoms with Crippen LogP contribution in [0.15, 0.2) is 40.1 Å². The Hall–Kier alpha value is -2.64. The Morgan fingerprint density at radius 3 is 2.81 bits per heavy atom. The summed E-state index contributed by atoms with van der Waals surface area (Å²) in [4.78, 5) is 16.1. The molecule has 2 atom stereocenters. The first-order chi connectivity index (χ1) is 15.0. The summed E-state index contributed by atoms with van der Waals surface area (Å²) in [6, 6.07) is 9.85. The van der Waals surface area contributed by atoms with Crippen molar-refractivity contribution in [1.29, 1.82) is 0 Å². The summed E-state index contributed by atoms with van der Waals surface area (Å²) in [5.41, 5.74) is 2.99. The van der Waals surface area contributed by atoms with Crippen LogP contribution in [0.5, 0.6) is 5.75 Å². The third kappa shape index (κ3) is 5.35. The fourth-order valence-electron chi connectivity index (χ4n) is 3.90. The molecule has 0 radical (unpaired) electrons. The summed E-state index contributed by atoms with van der Waals surface area (Å²) >= 11 is 1.19. The van der Waals surface area contributed by atoms with Crippen molar-refractivity contribution in [2.24, 2.45) is 5.92 Å². The molecule has 2 aromatic heterocycles. The second-order valence-corrected chi connectivity index (χ2v) is 9.00. The van der Waals surface area contributed by atoms with Crippen LogP contribution in [0.4, 0.5) is 0 Å². The molecule has 1 aromatic carbocycles. The quantitative estimate of drug-likeness (QED) is 0.471. The highest BCUT2D eigenvalue weighted by molar-refractivity contribution is 7.12. The summed E-state index contributed by atoms with van der Waals surface area (Å²) < 4.78 is 17.8. The number of nitrogens with zero attached hydrogens (tertiary/aromatic N) is 1. The van der Waals surface area contributed by atoms with E-state index in [1.54, 1.807) is 11.4 Å². The molecule has 1 fully saturated rings. The SMILES string of the molecule is Cc1ccc(-c2nc(CO[C@H]3CCC[C@@H](COc4ccsc4C(=O)O)C3)c(C)o2)cc1. The van der Waals surface area contributed by atoms with Gasteiger partial charge >= 0.3 is 5.97 Å². The molecule has 0 saturated heterocycles. The number of rotatable bonds is 8. The maximum atomic E-state index is 11.2. The Labute approximate surface area is 185 Å². The maximum absolute atomic E-state index is 11.2. The molecule has 3 aromatic rings. The topological polar surface area (TPSA) is 81.8 Å². The number of carboxylic acids is 1. The van der Waals surface area contributed by atoms with E-state index in [4.69, 9.17) is 13.9 Å². The van der Waals surface area contributed by atoms with Crippen LogP contribution in [-0.4, -0.2) is 28.8 Å². The Morgan fingerprint density at radius 1 is 1.23 bits per heavy atom. The fraction of sp³-hybridized carbons (Fsp3) is 0.417. The minimum Gasteiger partial charge on any atom is -0.492 e. The lowest BCUT2D eigenvalue weighted by Gasteiger charge is -2.29. The van der Waals surface area contributed by atoms with Crippen LogP contribution in [0.2, 0.25) is 0 Å². The average Bonchev–Trinajstić information content (AvgIpc) is 3.38. The zero-order chi connectivity index (χ0) is 21.8. The molecule has 0 unspecified atom stereocenters. The van der Waals surface area contributed by atoms with E-state index in [-0.39, 0.29) is 11.0 Å². The van der Waals surface area contributed by atoms with Crippen LogP contribution in [-0.2, 0) is 11.3 Å². The number of aromatic carboxylic acids is 1. The van der Waals surface area contributed by atoms with E-state index in [0.717, 1.165) is 42.7 Å². The lowest BCUT2D eigenvalue weighted by Crippen LogP contribution is -2.26. The molecule has 0 bridgehead atoms. The first kappa shape index (κ1) is 21.6. The highest BCUT2D eigenvalue weighted by atomic mass is 32.1. The predicted octanol–water partition coefficient (Wildman–Crippen LogP) is 5.87. The summed E-state index contributed by atoms with van der Waals surface area (Å²) in [6.07, 6.45) is 4.18. The first-order valence-corrected chi connectivity index (χ1v) is 11.5. The van der Waals surface area contributed by atoms with Crippen LogP contribution >= 0.6 is 11.3 Å². The Balaban J connectivity index is 1.30. The molecule has 31 heavy (non-hydrogen) atoms. The molecule has 7 heteroatoms. The van der Waals surface area contributed by atoms with Gasteiger partial charge in [0.2, 0.25) is 5.89 Å². The molecule has 4 rings (SSSR count). The van der Waals surface area contributed by atoms with Crippen LogP contribution in [0.1, 0.15) is 52.4 Å². The van der Waals surface area contributed by atoms with Crippen molar-refractivity contribution < 1.29 is 23.8 Å². The lowest BCUT2D eigenvalue weighted by atomic mass is 9.88. The van der Waals surface area contributed by atoms with Gasteiger partial charge in [-0.05, 0) is 62.6 Å². The number of thiophene rings is 1. The van der Waals surface area contributed by atoms with Crippen LogP contribution < -0.4 is 4.74 Å². The molecular weight excluding hydrogens is 414 g/mol. The number of oxazole rings is 1. The largest absolute Gasteiger partial charge is 0.492 e. The Kier molecular flexibility index (Phi) is 6.73. The van der Waals surface area contributed by atoms with Crippen molar-refractivity contribution in [2.45, 2.75) is 52.2 Å². The summed E-state index contributed by atoms with van der Waals surface area (Å²) in [7, 11) is 0. The Bertz CT molecular complexity index is 1020. The summed E-state index contributed by atoms with van der Waals surface area (Å²) in [5, 5.41) is 11.0. The predicted molar refractivity (Wildman–Crippen MR) is 119 cm³/mol. The highest BCUT2D eigenvalue weighted by Crippen LogP contribution is 2.31. The average molecular weight is 442 g/mol. The number of carboxylic acid groups (broad SMARTS) is 1. The van der Waals surface area contributed by atoms with Gasteiger partial charge in [-0.1, -0.05) is 24.1 Å². The summed E-state index contributed by atoms with van der Waals surface area (Å²) in [6.45, 7) is 4.91. The van der Waals surface area contributed by atoms with Crippen molar-refractivity contribution in [3.05, 3.63) is 57.6 Å². The molecule has 1 saturated carbocycles. The molecule has 0 aliphatic heterocycles. The second-order valence-electron chi connectivity index (χ2n) is 8.08. The van der Waals surface area contributed by atoms with Gasteiger partial charge in [0.1, 0.15) is 17.2 Å². The monoisotopic (exact) mass is 441 g/mol. The number of aryl methyl sites for hydroxylation is 2. The first-order valence-electron chi connectivity index (χ1n) is 10.6. The molecule has 1 N–H and O–H groups in total. The second kappa shape index (κ2) is 9.66. The number of carbonyl (C=O) groups is 1. The van der Waals surface area contributed by atoms with E-state index in [2.05, 4.69) is 11.9 Å². The van der Waals surface area contributed by atoms with Gasteiger partial charge < -0.3 is 19.0 Å². The number of hydrogen-bond acceptors (Lipinski definition) is 6. The van der Waals surface area contributed by atoms with Gasteiger partial charge in [-0.2, -0.15) is 0 Å². The van der Waals surface area contributed by atoms with Crippen LogP contribution in [0, 0.1) is 19.8 Å². The van der Waals surface area contributed by atoms with Gasteiger partial charge in [0.15, 0.2) is 4.88 Å². The number of aromatic nitrogens is 1. The van der Waals surface area contributed by atoms with E-state index in [1.165, 1.54) is 16.9 Å². The molecule has 1 aliphatic carbocycles. The van der Waals surface area contributed by atoms with Crippen molar-refractivity contribution in [2.75, 3.05) is 6.61 Å². The van der Waals surface area contributed by atoms with E-state index < -0.39 is 5.97 Å². The number of benzene rings is 1. The smallest absolute Gasteiger partial charge is 0.349 e. The standard InChI is InChI=1S/C24H27NO5S/c1-15-6-8-18(9-7-15)23-25-20(16(2)30-23)14-28-19-5-3-4-17(12-19)13-29-21-10-11-31-22(21)24(26)27/h6-11,17,19H,3-5,12-14H2,1-2H3,(H,26,27)/t17-,19+/m1/s1. The molecule has 1 aliphatic rings. The van der Waals surface area contributed by atoms with E-state index in [1.807, 2.05) is 31.2 Å². The molecule has 0 amide bonds. The van der Waals surface area contributed by atoms with Crippen LogP contribution in [0.3, 0.4) is 0 Å². The van der Waals surface area contributed by atoms with Crippen molar-refractivity contribution in [3.8, 4) is 17.2 Å². The summed E-state index contributed by atoms with van der Waals surface area (Å²) in [5.74, 6) is 1.27. The van der Waals surface area contributed by atoms with Gasteiger partial charge in [0.25, 0.3) is 0 Å². The van der Waals surface area contributed by atoms with E-state index in [9.17, 15) is 9.90 Å². The Morgan fingerprint density at radius 2 is 2.03 bits per heavy atom. The maximum Gasteiger partial charge on any atom is 0.349 e. The third-order valence-corrected chi connectivity index (χ3v) is 6.56.